The fourth-order valence-electron chi connectivity index (χ4n) is 3.44. The number of carboxylic acid groups (broad SMARTS) is 1. The van der Waals surface area contributed by atoms with Crippen LogP contribution in [0.2, 0.25) is 0 Å². The maximum atomic E-state index is 11.3. The molecular weight excluding hydrogens is 268 g/mol. The fraction of sp³-hybridized carbons (Fsp3) is 0.562. The lowest BCUT2D eigenvalue weighted by molar-refractivity contribution is -0.141. The maximum Gasteiger partial charge on any atom is 0.308 e. The van der Waals surface area contributed by atoms with Crippen molar-refractivity contribution in [1.29, 1.82) is 0 Å². The number of fused-ring (bicyclic) bond motifs is 1. The molecule has 2 aliphatic rings. The predicted molar refractivity (Wildman–Crippen MR) is 81.0 cm³/mol. The van der Waals surface area contributed by atoms with Gasteiger partial charge in [0.05, 0.1) is 13.0 Å². The Kier molecular flexibility index (Phi) is 4.01. The lowest BCUT2D eigenvalue weighted by Crippen LogP contribution is -2.40. The Morgan fingerprint density at radius 2 is 2.29 bits per heavy atom. The number of hydrogen-bond donors (Lipinski definition) is 2. The van der Waals surface area contributed by atoms with Gasteiger partial charge in [-0.1, -0.05) is 0 Å². The molecule has 0 saturated carbocycles. The molecule has 0 amide bonds. The number of nitrogens with zero attached hydrogens (tertiary/aromatic N) is 1. The molecule has 0 aromatic heterocycles. The van der Waals surface area contributed by atoms with Gasteiger partial charge in [-0.05, 0) is 43.5 Å². The Hall–Kier alpha value is -1.75. The topological polar surface area (TPSA) is 61.8 Å². The number of methoxy groups -OCH3 is 1. The van der Waals surface area contributed by atoms with Crippen LogP contribution in [0.1, 0.15) is 24.0 Å². The molecular formula is C16H22N2O3. The van der Waals surface area contributed by atoms with E-state index in [1.165, 1.54) is 16.8 Å². The Bertz CT molecular complexity index is 545. The highest BCUT2D eigenvalue weighted by Gasteiger charge is 2.28. The van der Waals surface area contributed by atoms with Crippen LogP contribution in [-0.2, 0) is 17.8 Å². The van der Waals surface area contributed by atoms with Crippen LogP contribution in [0.25, 0.3) is 0 Å². The van der Waals surface area contributed by atoms with Gasteiger partial charge in [0.25, 0.3) is 0 Å². The summed E-state index contributed by atoms with van der Waals surface area (Å²) in [6.07, 6.45) is 2.69. The van der Waals surface area contributed by atoms with Gasteiger partial charge in [0.15, 0.2) is 0 Å². The number of piperidine rings is 1. The van der Waals surface area contributed by atoms with Gasteiger partial charge in [-0.15, -0.1) is 0 Å². The van der Waals surface area contributed by atoms with Gasteiger partial charge in [0.1, 0.15) is 5.75 Å². The molecule has 2 heterocycles. The van der Waals surface area contributed by atoms with E-state index in [0.29, 0.717) is 6.54 Å². The van der Waals surface area contributed by atoms with Crippen LogP contribution < -0.4 is 15.0 Å². The number of nitrogens with one attached hydrogen (secondary N) is 1. The van der Waals surface area contributed by atoms with Crippen LogP contribution in [-0.4, -0.2) is 37.8 Å². The summed E-state index contributed by atoms with van der Waals surface area (Å²) >= 11 is 0. The zero-order valence-corrected chi connectivity index (χ0v) is 12.4. The van der Waals surface area contributed by atoms with Crippen molar-refractivity contribution in [3.8, 4) is 5.75 Å². The third-order valence-electron chi connectivity index (χ3n) is 4.55. The first-order valence-corrected chi connectivity index (χ1v) is 7.58. The van der Waals surface area contributed by atoms with Gasteiger partial charge in [0, 0.05) is 30.9 Å². The number of aliphatic carboxylic acids is 1. The molecule has 1 saturated heterocycles. The average Bonchev–Trinajstić information content (AvgIpc) is 2.54. The summed E-state index contributed by atoms with van der Waals surface area (Å²) in [5.74, 6) is -0.00490. The number of ether oxygens (including phenoxy) is 1. The van der Waals surface area contributed by atoms with Crippen molar-refractivity contribution in [3.63, 3.8) is 0 Å². The Labute approximate surface area is 124 Å². The molecule has 114 valence electrons. The number of carboxylic acids is 1. The summed E-state index contributed by atoms with van der Waals surface area (Å²) in [5.41, 5.74) is 3.73. The molecule has 2 aliphatic heterocycles. The van der Waals surface area contributed by atoms with E-state index >= 15 is 0 Å². The zero-order chi connectivity index (χ0) is 14.8. The molecule has 2 N–H and O–H groups in total. The quantitative estimate of drug-likeness (QED) is 0.886. The van der Waals surface area contributed by atoms with Crippen molar-refractivity contribution >= 4 is 11.7 Å². The number of benzene rings is 1. The molecule has 1 atom stereocenters. The van der Waals surface area contributed by atoms with Crippen LogP contribution in [0.5, 0.6) is 5.75 Å². The van der Waals surface area contributed by atoms with E-state index < -0.39 is 5.97 Å². The molecule has 3 rings (SSSR count). The van der Waals surface area contributed by atoms with E-state index in [2.05, 4.69) is 16.3 Å². The summed E-state index contributed by atoms with van der Waals surface area (Å²) in [6, 6.07) is 4.10. The van der Waals surface area contributed by atoms with E-state index in [9.17, 15) is 9.90 Å². The van der Waals surface area contributed by atoms with Crippen molar-refractivity contribution in [2.24, 2.45) is 5.92 Å². The third-order valence-corrected chi connectivity index (χ3v) is 4.55. The molecule has 1 aromatic rings. The molecule has 0 bridgehead atoms. The Morgan fingerprint density at radius 1 is 1.43 bits per heavy atom. The summed E-state index contributed by atoms with van der Waals surface area (Å²) in [4.78, 5) is 13.5. The number of hydrogen-bond acceptors (Lipinski definition) is 4. The minimum Gasteiger partial charge on any atom is -0.496 e. The molecule has 1 fully saturated rings. The lowest BCUT2D eigenvalue weighted by atomic mass is 9.93. The normalized spacial score (nSPS) is 21.8. The first-order valence-electron chi connectivity index (χ1n) is 7.58. The zero-order valence-electron chi connectivity index (χ0n) is 12.4. The van der Waals surface area contributed by atoms with E-state index in [4.69, 9.17) is 4.74 Å². The predicted octanol–water partition coefficient (Wildman–Crippen LogP) is 1.64. The highest BCUT2D eigenvalue weighted by Crippen LogP contribution is 2.35. The Morgan fingerprint density at radius 3 is 3.05 bits per heavy atom. The van der Waals surface area contributed by atoms with E-state index in [1.807, 2.05) is 6.07 Å². The van der Waals surface area contributed by atoms with Crippen molar-refractivity contribution in [1.82, 2.24) is 5.32 Å². The monoisotopic (exact) mass is 290 g/mol. The van der Waals surface area contributed by atoms with Crippen molar-refractivity contribution in [2.45, 2.75) is 25.8 Å². The van der Waals surface area contributed by atoms with Gasteiger partial charge in [0.2, 0.25) is 0 Å². The summed E-state index contributed by atoms with van der Waals surface area (Å²) in [5, 5.41) is 12.6. The molecule has 21 heavy (non-hydrogen) atoms. The second-order valence-corrected chi connectivity index (χ2v) is 5.79. The molecule has 5 heteroatoms. The minimum absolute atomic E-state index is 0.252. The van der Waals surface area contributed by atoms with Crippen molar-refractivity contribution in [3.05, 3.63) is 23.3 Å². The summed E-state index contributed by atoms with van der Waals surface area (Å²) in [6.45, 7) is 3.34. The largest absolute Gasteiger partial charge is 0.496 e. The second kappa shape index (κ2) is 5.93. The highest BCUT2D eigenvalue weighted by molar-refractivity contribution is 5.72. The standard InChI is InChI=1S/C16H22N2O3/c1-21-15-5-4-14(12-6-7-17-9-13(12)15)18-8-2-3-11(10-18)16(19)20/h4-5,11,17H,2-3,6-10H2,1H3,(H,19,20). The number of anilines is 1. The van der Waals surface area contributed by atoms with Crippen LogP contribution in [0.15, 0.2) is 12.1 Å². The van der Waals surface area contributed by atoms with Crippen LogP contribution in [0, 0.1) is 5.92 Å². The van der Waals surface area contributed by atoms with Gasteiger partial charge in [-0.25, -0.2) is 0 Å². The van der Waals surface area contributed by atoms with Crippen LogP contribution >= 0.6 is 0 Å². The number of rotatable bonds is 3. The van der Waals surface area contributed by atoms with Gasteiger partial charge in [-0.2, -0.15) is 0 Å². The SMILES string of the molecule is COc1ccc(N2CCCC(C(=O)O)C2)c2c1CNCC2. The smallest absolute Gasteiger partial charge is 0.308 e. The average molecular weight is 290 g/mol. The first-order chi connectivity index (χ1) is 10.2. The van der Waals surface area contributed by atoms with E-state index in [0.717, 1.165) is 44.6 Å². The Balaban J connectivity index is 1.93. The molecule has 0 radical (unpaired) electrons. The minimum atomic E-state index is -0.677. The van der Waals surface area contributed by atoms with E-state index in [1.54, 1.807) is 7.11 Å². The molecule has 5 nitrogen and oxygen atoms in total. The van der Waals surface area contributed by atoms with Crippen LogP contribution in [0.3, 0.4) is 0 Å². The highest BCUT2D eigenvalue weighted by atomic mass is 16.5. The molecule has 0 spiro atoms. The third kappa shape index (κ3) is 2.70. The maximum absolute atomic E-state index is 11.3. The lowest BCUT2D eigenvalue weighted by Gasteiger charge is -2.35. The van der Waals surface area contributed by atoms with Crippen molar-refractivity contribution < 1.29 is 14.6 Å². The fourth-order valence-corrected chi connectivity index (χ4v) is 3.44. The van der Waals surface area contributed by atoms with Gasteiger partial charge in [-0.3, -0.25) is 4.79 Å². The number of carbonyl (C=O) groups is 1. The summed E-state index contributed by atoms with van der Waals surface area (Å²) < 4.78 is 5.46. The van der Waals surface area contributed by atoms with Gasteiger partial charge >= 0.3 is 5.97 Å². The molecule has 0 aliphatic carbocycles. The van der Waals surface area contributed by atoms with Gasteiger partial charge < -0.3 is 20.1 Å². The second-order valence-electron chi connectivity index (χ2n) is 5.79. The molecule has 1 aromatic carbocycles. The first kappa shape index (κ1) is 14.2. The molecule has 1 unspecified atom stereocenters. The van der Waals surface area contributed by atoms with Crippen LogP contribution in [0.4, 0.5) is 5.69 Å². The van der Waals surface area contributed by atoms with E-state index in [-0.39, 0.29) is 5.92 Å². The summed E-state index contributed by atoms with van der Waals surface area (Å²) in [7, 11) is 1.70. The van der Waals surface area contributed by atoms with Crippen molar-refractivity contribution in [2.75, 3.05) is 31.6 Å².